The summed E-state index contributed by atoms with van der Waals surface area (Å²) in [6.07, 6.45) is 3.39. The molecule has 0 aliphatic rings. The molecule has 2 rings (SSSR count). The molecule has 0 amide bonds. The Morgan fingerprint density at radius 1 is 1.28 bits per heavy atom. The largest absolute Gasteiger partial charge is 0.493 e. The van der Waals surface area contributed by atoms with Crippen molar-refractivity contribution in [3.8, 4) is 5.75 Å². The van der Waals surface area contributed by atoms with E-state index in [0.717, 1.165) is 29.7 Å². The molecule has 92 valence electrons. The number of carbonyl (C=O) groups excluding carboxylic acids is 1. The van der Waals surface area contributed by atoms with Gasteiger partial charge in [0.25, 0.3) is 0 Å². The molecule has 0 atom stereocenters. The summed E-state index contributed by atoms with van der Waals surface area (Å²) in [5, 5.41) is 0. The Kier molecular flexibility index (Phi) is 4.07. The van der Waals surface area contributed by atoms with Crippen LogP contribution in [0.25, 0.3) is 0 Å². The van der Waals surface area contributed by atoms with Gasteiger partial charge in [-0.05, 0) is 42.8 Å². The van der Waals surface area contributed by atoms with Gasteiger partial charge in [-0.25, -0.2) is 0 Å². The quantitative estimate of drug-likeness (QED) is 0.756. The molecule has 0 radical (unpaired) electrons. The van der Waals surface area contributed by atoms with Crippen molar-refractivity contribution in [2.24, 2.45) is 0 Å². The van der Waals surface area contributed by atoms with Crippen LogP contribution in [0.4, 0.5) is 0 Å². The first-order valence-corrected chi connectivity index (χ1v) is 5.88. The minimum absolute atomic E-state index is 0.582. The average molecular weight is 241 g/mol. The highest BCUT2D eigenvalue weighted by Gasteiger charge is 2.01. The number of aromatic nitrogens is 1. The number of rotatable bonds is 5. The van der Waals surface area contributed by atoms with E-state index >= 15 is 0 Å². The highest BCUT2D eigenvalue weighted by atomic mass is 16.5. The van der Waals surface area contributed by atoms with Crippen LogP contribution in [-0.2, 0) is 6.42 Å². The Morgan fingerprint density at radius 3 is 2.83 bits per heavy atom. The molecule has 2 aromatic rings. The molecular weight excluding hydrogens is 226 g/mol. The molecule has 3 heteroatoms. The predicted molar refractivity (Wildman–Crippen MR) is 70.0 cm³/mol. The van der Waals surface area contributed by atoms with Crippen LogP contribution in [0.3, 0.4) is 0 Å². The second-order valence-corrected chi connectivity index (χ2v) is 4.06. The lowest BCUT2D eigenvalue weighted by atomic mass is 10.1. The fourth-order valence-electron chi connectivity index (χ4n) is 1.72. The lowest BCUT2D eigenvalue weighted by Crippen LogP contribution is -2.03. The molecule has 1 aromatic carbocycles. The topological polar surface area (TPSA) is 39.2 Å². The fraction of sp³-hybridized carbons (Fsp3) is 0.200. The Bertz CT molecular complexity index is 523. The highest BCUT2D eigenvalue weighted by Crippen LogP contribution is 2.18. The van der Waals surface area contributed by atoms with Crippen molar-refractivity contribution in [1.82, 2.24) is 4.98 Å². The molecule has 18 heavy (non-hydrogen) atoms. The maximum Gasteiger partial charge on any atom is 0.150 e. The zero-order valence-electron chi connectivity index (χ0n) is 10.3. The van der Waals surface area contributed by atoms with Gasteiger partial charge in [-0.1, -0.05) is 6.07 Å². The molecule has 1 heterocycles. The summed E-state index contributed by atoms with van der Waals surface area (Å²) in [6.45, 7) is 2.52. The van der Waals surface area contributed by atoms with E-state index < -0.39 is 0 Å². The Labute approximate surface area is 106 Å². The highest BCUT2D eigenvalue weighted by molar-refractivity contribution is 5.75. The van der Waals surface area contributed by atoms with Gasteiger partial charge in [0, 0.05) is 23.9 Å². The van der Waals surface area contributed by atoms with E-state index in [1.165, 1.54) is 0 Å². The Hall–Kier alpha value is -2.16. The van der Waals surface area contributed by atoms with Crippen molar-refractivity contribution >= 4 is 6.29 Å². The summed E-state index contributed by atoms with van der Waals surface area (Å²) >= 11 is 0. The molecule has 1 aromatic heterocycles. The minimum Gasteiger partial charge on any atom is -0.493 e. The molecule has 3 nitrogen and oxygen atoms in total. The molecule has 0 aliphatic heterocycles. The third kappa shape index (κ3) is 3.17. The number of aldehydes is 1. The summed E-state index contributed by atoms with van der Waals surface area (Å²) in [4.78, 5) is 14.9. The second-order valence-electron chi connectivity index (χ2n) is 4.06. The SMILES string of the molecule is Cc1cc(C=O)ccc1OCCc1ccccn1. The predicted octanol–water partition coefficient (Wildman–Crippen LogP) is 2.82. The lowest BCUT2D eigenvalue weighted by Gasteiger charge is -2.09. The second kappa shape index (κ2) is 5.96. The van der Waals surface area contributed by atoms with Crippen molar-refractivity contribution in [3.63, 3.8) is 0 Å². The molecule has 0 fully saturated rings. The van der Waals surface area contributed by atoms with Gasteiger partial charge in [0.15, 0.2) is 0 Å². The van der Waals surface area contributed by atoms with Gasteiger partial charge in [-0.3, -0.25) is 9.78 Å². The minimum atomic E-state index is 0.582. The van der Waals surface area contributed by atoms with Gasteiger partial charge < -0.3 is 4.74 Å². The maximum absolute atomic E-state index is 10.6. The third-order valence-corrected chi connectivity index (χ3v) is 2.68. The Balaban J connectivity index is 1.92. The van der Waals surface area contributed by atoms with E-state index in [-0.39, 0.29) is 0 Å². The number of ether oxygens (including phenoxy) is 1. The number of carbonyl (C=O) groups is 1. The maximum atomic E-state index is 10.6. The summed E-state index contributed by atoms with van der Waals surface area (Å²) in [7, 11) is 0. The standard InChI is InChI=1S/C15H15NO2/c1-12-10-13(11-17)5-6-15(12)18-9-7-14-4-2-3-8-16-14/h2-6,8,10-11H,7,9H2,1H3. The van der Waals surface area contributed by atoms with Crippen molar-refractivity contribution in [2.75, 3.05) is 6.61 Å². The van der Waals surface area contributed by atoms with Crippen LogP contribution in [0.15, 0.2) is 42.6 Å². The molecule has 0 aliphatic carbocycles. The third-order valence-electron chi connectivity index (χ3n) is 2.68. The van der Waals surface area contributed by atoms with Crippen molar-refractivity contribution in [2.45, 2.75) is 13.3 Å². The summed E-state index contributed by atoms with van der Waals surface area (Å²) in [5.74, 6) is 0.816. The first kappa shape index (κ1) is 12.3. The van der Waals surface area contributed by atoms with Gasteiger partial charge in [0.1, 0.15) is 12.0 Å². The van der Waals surface area contributed by atoms with Crippen LogP contribution in [0, 0.1) is 6.92 Å². The smallest absolute Gasteiger partial charge is 0.150 e. The van der Waals surface area contributed by atoms with Crippen LogP contribution in [0.5, 0.6) is 5.75 Å². The normalized spacial score (nSPS) is 10.1. The molecule has 0 N–H and O–H groups in total. The fourth-order valence-corrected chi connectivity index (χ4v) is 1.72. The first-order valence-electron chi connectivity index (χ1n) is 5.88. The van der Waals surface area contributed by atoms with Crippen LogP contribution in [0.1, 0.15) is 21.6 Å². The van der Waals surface area contributed by atoms with E-state index in [2.05, 4.69) is 4.98 Å². The van der Waals surface area contributed by atoms with Crippen molar-refractivity contribution < 1.29 is 9.53 Å². The van der Waals surface area contributed by atoms with Crippen molar-refractivity contribution in [3.05, 3.63) is 59.4 Å². The van der Waals surface area contributed by atoms with E-state index in [4.69, 9.17) is 4.74 Å². The van der Waals surface area contributed by atoms with Gasteiger partial charge in [0.05, 0.1) is 6.61 Å². The molecule has 0 saturated carbocycles. The number of pyridine rings is 1. The van der Waals surface area contributed by atoms with Crippen molar-refractivity contribution in [1.29, 1.82) is 0 Å². The zero-order chi connectivity index (χ0) is 12.8. The summed E-state index contributed by atoms with van der Waals surface area (Å²) < 4.78 is 5.68. The molecule has 0 saturated heterocycles. The van der Waals surface area contributed by atoms with E-state index in [9.17, 15) is 4.79 Å². The van der Waals surface area contributed by atoms with E-state index in [1.54, 1.807) is 12.3 Å². The number of aryl methyl sites for hydroxylation is 1. The average Bonchev–Trinajstić information content (AvgIpc) is 2.42. The molecule has 0 bridgehead atoms. The lowest BCUT2D eigenvalue weighted by molar-refractivity contribution is 0.112. The van der Waals surface area contributed by atoms with Gasteiger partial charge in [0.2, 0.25) is 0 Å². The summed E-state index contributed by atoms with van der Waals surface area (Å²) in [6, 6.07) is 11.3. The van der Waals surface area contributed by atoms with E-state index in [1.807, 2.05) is 37.3 Å². The number of nitrogens with zero attached hydrogens (tertiary/aromatic N) is 1. The molecular formula is C15H15NO2. The van der Waals surface area contributed by atoms with E-state index in [0.29, 0.717) is 12.2 Å². The monoisotopic (exact) mass is 241 g/mol. The van der Waals surface area contributed by atoms with Gasteiger partial charge >= 0.3 is 0 Å². The van der Waals surface area contributed by atoms with Crippen LogP contribution in [-0.4, -0.2) is 17.9 Å². The first-order chi connectivity index (χ1) is 8.79. The van der Waals surface area contributed by atoms with Gasteiger partial charge in [-0.15, -0.1) is 0 Å². The zero-order valence-corrected chi connectivity index (χ0v) is 10.3. The number of hydrogen-bond acceptors (Lipinski definition) is 3. The Morgan fingerprint density at radius 2 is 2.17 bits per heavy atom. The molecule has 0 spiro atoms. The number of benzene rings is 1. The van der Waals surface area contributed by atoms with Crippen LogP contribution in [0.2, 0.25) is 0 Å². The molecule has 0 unspecified atom stereocenters. The van der Waals surface area contributed by atoms with Crippen LogP contribution >= 0.6 is 0 Å². The summed E-state index contributed by atoms with van der Waals surface area (Å²) in [5.41, 5.74) is 2.66. The van der Waals surface area contributed by atoms with Crippen LogP contribution < -0.4 is 4.74 Å². The number of hydrogen-bond donors (Lipinski definition) is 0. The van der Waals surface area contributed by atoms with Gasteiger partial charge in [-0.2, -0.15) is 0 Å².